The number of halogens is 1. The van der Waals surface area contributed by atoms with Gasteiger partial charge in [0.15, 0.2) is 0 Å². The maximum absolute atomic E-state index is 14.3. The second kappa shape index (κ2) is 8.82. The van der Waals surface area contributed by atoms with Crippen LogP contribution in [0.15, 0.2) is 41.1 Å². The Morgan fingerprint density at radius 1 is 1.00 bits per heavy atom. The maximum atomic E-state index is 14.3. The van der Waals surface area contributed by atoms with Gasteiger partial charge < -0.3 is 14.1 Å². The molecule has 7 fully saturated rings. The molecule has 0 spiro atoms. The predicted octanol–water partition coefficient (Wildman–Crippen LogP) is 6.32. The molecule has 0 radical (unpaired) electrons. The molecule has 7 aliphatic carbocycles. The topological polar surface area (TPSA) is 94.2 Å². The van der Waals surface area contributed by atoms with Crippen LogP contribution >= 0.6 is 0 Å². The van der Waals surface area contributed by atoms with Crippen LogP contribution in [-0.4, -0.2) is 45.4 Å². The fourth-order valence-electron chi connectivity index (χ4n) is 8.31. The number of anilines is 1. The molecule has 10 rings (SSSR count). The van der Waals surface area contributed by atoms with E-state index in [0.717, 1.165) is 80.0 Å². The Kier molecular flexibility index (Phi) is 5.46. The lowest BCUT2D eigenvalue weighted by atomic mass is 9.41. The molecule has 1 aromatic carbocycles. The van der Waals surface area contributed by atoms with Gasteiger partial charge in [-0.25, -0.2) is 14.4 Å². The van der Waals surface area contributed by atoms with Gasteiger partial charge >= 0.3 is 6.01 Å². The number of hydrogen-bond donors (Lipinski definition) is 0. The second-order valence-electron chi connectivity index (χ2n) is 13.8. The predicted molar refractivity (Wildman–Crippen MR) is 149 cm³/mol. The number of amides is 1. The third-order valence-corrected chi connectivity index (χ3v) is 10.9. The lowest BCUT2D eigenvalue weighted by Gasteiger charge is -2.66. The van der Waals surface area contributed by atoms with Crippen molar-refractivity contribution in [1.82, 2.24) is 20.2 Å². The summed E-state index contributed by atoms with van der Waals surface area (Å²) in [7, 11) is 1.54. The van der Waals surface area contributed by atoms with Crippen LogP contribution in [0.5, 0.6) is 6.01 Å². The summed E-state index contributed by atoms with van der Waals surface area (Å²) in [4.78, 5) is 24.6. The minimum absolute atomic E-state index is 0.0215. The summed E-state index contributed by atoms with van der Waals surface area (Å²) in [6.07, 6.45) is 13.9. The minimum atomic E-state index is -1.01. The Labute approximate surface area is 239 Å². The first-order valence-corrected chi connectivity index (χ1v) is 15.1. The van der Waals surface area contributed by atoms with E-state index in [-0.39, 0.29) is 22.2 Å². The first-order chi connectivity index (χ1) is 19.8. The van der Waals surface area contributed by atoms with Crippen molar-refractivity contribution >= 4 is 11.6 Å². The summed E-state index contributed by atoms with van der Waals surface area (Å²) in [5.41, 5.74) is 1.57. The molecular weight excluding hydrogens is 521 g/mol. The van der Waals surface area contributed by atoms with Gasteiger partial charge in [-0.15, -0.1) is 10.2 Å². The molecule has 9 heteroatoms. The van der Waals surface area contributed by atoms with E-state index in [4.69, 9.17) is 9.15 Å². The molecule has 0 saturated heterocycles. The van der Waals surface area contributed by atoms with E-state index in [9.17, 15) is 9.18 Å². The van der Waals surface area contributed by atoms with Crippen molar-refractivity contribution in [3.63, 3.8) is 0 Å². The van der Waals surface area contributed by atoms with Crippen LogP contribution in [0.1, 0.15) is 94.7 Å². The number of methoxy groups -OCH3 is 1. The van der Waals surface area contributed by atoms with Gasteiger partial charge in [0.2, 0.25) is 17.7 Å². The van der Waals surface area contributed by atoms with E-state index in [1.807, 2.05) is 23.1 Å². The standard InChI is InChI=1S/C32H36FN5O3/c1-40-28-34-15-23(16-35-28)22-3-2-4-24(13-22)38(25(39)14-30-17-32(33,18-30)19-30)20-29-7-10-31(11-8-29,12-9-29)27-37-36-26(41-27)21-5-6-21/h2-4,13,15-16,21H,5-12,14,17-20H2,1H3. The number of aromatic nitrogens is 4. The molecule has 1 amide bonds. The quantitative estimate of drug-likeness (QED) is 0.304. The molecule has 0 unspecified atom stereocenters. The van der Waals surface area contributed by atoms with Crippen LogP contribution in [0.25, 0.3) is 11.1 Å². The second-order valence-corrected chi connectivity index (χ2v) is 13.8. The molecular formula is C32H36FN5O3. The highest BCUT2D eigenvalue weighted by Gasteiger charge is 2.69. The minimum Gasteiger partial charge on any atom is -0.467 e. The summed E-state index contributed by atoms with van der Waals surface area (Å²) >= 11 is 0. The number of fused-ring (bicyclic) bond motifs is 3. The third-order valence-electron chi connectivity index (χ3n) is 10.9. The summed E-state index contributed by atoms with van der Waals surface area (Å²) in [6, 6.07) is 8.41. The number of alkyl halides is 1. The molecule has 2 aromatic heterocycles. The molecule has 4 bridgehead atoms. The number of nitrogens with zero attached hydrogens (tertiary/aromatic N) is 5. The van der Waals surface area contributed by atoms with E-state index in [2.05, 4.69) is 26.2 Å². The fourth-order valence-corrected chi connectivity index (χ4v) is 8.31. The number of carbonyl (C=O) groups is 1. The summed E-state index contributed by atoms with van der Waals surface area (Å²) < 4.78 is 25.7. The first-order valence-electron chi connectivity index (χ1n) is 15.1. The lowest BCUT2D eigenvalue weighted by molar-refractivity contribution is -0.215. The van der Waals surface area contributed by atoms with Gasteiger partial charge in [-0.1, -0.05) is 12.1 Å². The van der Waals surface area contributed by atoms with Gasteiger partial charge in [-0.05, 0) is 99.2 Å². The third kappa shape index (κ3) is 4.26. The van der Waals surface area contributed by atoms with Crippen molar-refractivity contribution in [2.75, 3.05) is 18.6 Å². The zero-order valence-corrected chi connectivity index (χ0v) is 23.6. The van der Waals surface area contributed by atoms with Crippen LogP contribution < -0.4 is 9.64 Å². The van der Waals surface area contributed by atoms with Crippen LogP contribution in [0.2, 0.25) is 0 Å². The van der Waals surface area contributed by atoms with Gasteiger partial charge in [0.05, 0.1) is 7.11 Å². The molecule has 2 heterocycles. The van der Waals surface area contributed by atoms with E-state index in [1.165, 1.54) is 0 Å². The van der Waals surface area contributed by atoms with Crippen molar-refractivity contribution in [3.05, 3.63) is 48.4 Å². The zero-order chi connectivity index (χ0) is 27.9. The van der Waals surface area contributed by atoms with Gasteiger partial charge in [-0.3, -0.25) is 4.79 Å². The van der Waals surface area contributed by atoms with E-state index >= 15 is 0 Å². The number of benzene rings is 1. The van der Waals surface area contributed by atoms with E-state index in [1.54, 1.807) is 19.5 Å². The average Bonchev–Trinajstić information content (AvgIpc) is 3.71. The highest BCUT2D eigenvalue weighted by Crippen LogP contribution is 2.71. The molecule has 7 aliphatic rings. The smallest absolute Gasteiger partial charge is 0.316 e. The molecule has 7 saturated carbocycles. The van der Waals surface area contributed by atoms with Crippen molar-refractivity contribution in [3.8, 4) is 17.1 Å². The Morgan fingerprint density at radius 2 is 1.71 bits per heavy atom. The molecule has 0 N–H and O–H groups in total. The van der Waals surface area contributed by atoms with Crippen LogP contribution in [0.4, 0.5) is 10.1 Å². The summed E-state index contributed by atoms with van der Waals surface area (Å²) in [5, 5.41) is 8.89. The Balaban J connectivity index is 1.05. The Hall–Kier alpha value is -3.36. The van der Waals surface area contributed by atoms with Gasteiger partial charge in [-0.2, -0.15) is 0 Å². The van der Waals surface area contributed by atoms with Crippen molar-refractivity contribution in [1.29, 1.82) is 0 Å². The van der Waals surface area contributed by atoms with Crippen molar-refractivity contribution in [2.24, 2.45) is 10.8 Å². The van der Waals surface area contributed by atoms with Crippen molar-refractivity contribution < 1.29 is 18.3 Å². The Morgan fingerprint density at radius 3 is 2.34 bits per heavy atom. The van der Waals surface area contributed by atoms with Crippen molar-refractivity contribution in [2.45, 2.75) is 94.1 Å². The van der Waals surface area contributed by atoms with Crippen LogP contribution in [-0.2, 0) is 10.2 Å². The fraction of sp³-hybridized carbons (Fsp3) is 0.594. The molecule has 8 nitrogen and oxygen atoms in total. The first kappa shape index (κ1) is 25.4. The lowest BCUT2D eigenvalue weighted by Crippen LogP contribution is -2.65. The SMILES string of the molecule is COc1ncc(-c2cccc(N(CC34CCC(c5nnc(C6CC6)o5)(CC3)CC4)C(=O)CC34CC(F)(C3)C4)c2)cn1. The summed E-state index contributed by atoms with van der Waals surface area (Å²) in [6.45, 7) is 0.679. The molecule has 0 aliphatic heterocycles. The summed E-state index contributed by atoms with van der Waals surface area (Å²) in [5.74, 6) is 2.22. The molecule has 214 valence electrons. The number of hydrogen-bond acceptors (Lipinski definition) is 7. The van der Waals surface area contributed by atoms with Gasteiger partial charge in [0.25, 0.3) is 0 Å². The highest BCUT2D eigenvalue weighted by atomic mass is 19.1. The molecule has 3 aromatic rings. The zero-order valence-electron chi connectivity index (χ0n) is 23.6. The van der Waals surface area contributed by atoms with E-state index < -0.39 is 5.67 Å². The van der Waals surface area contributed by atoms with Gasteiger partial charge in [0, 0.05) is 47.9 Å². The average molecular weight is 558 g/mol. The van der Waals surface area contributed by atoms with E-state index in [0.29, 0.717) is 44.2 Å². The Bertz CT molecular complexity index is 1450. The largest absolute Gasteiger partial charge is 0.467 e. The van der Waals surface area contributed by atoms with Crippen LogP contribution in [0.3, 0.4) is 0 Å². The molecule has 41 heavy (non-hydrogen) atoms. The molecule has 0 atom stereocenters. The number of ether oxygens (including phenoxy) is 1. The number of rotatable bonds is 9. The van der Waals surface area contributed by atoms with Crippen LogP contribution in [0, 0.1) is 10.8 Å². The number of carbonyl (C=O) groups excluding carboxylic acids is 1. The normalized spacial score (nSPS) is 33.1. The van der Waals surface area contributed by atoms with Gasteiger partial charge in [0.1, 0.15) is 5.67 Å². The monoisotopic (exact) mass is 557 g/mol. The highest BCUT2D eigenvalue weighted by molar-refractivity contribution is 5.95. The maximum Gasteiger partial charge on any atom is 0.316 e.